The summed E-state index contributed by atoms with van der Waals surface area (Å²) in [5.74, 6) is 1.26. The van der Waals surface area contributed by atoms with Gasteiger partial charge in [0.1, 0.15) is 0 Å². The highest BCUT2D eigenvalue weighted by atomic mass is 35.5. The number of benzene rings is 2. The smallest absolute Gasteiger partial charge is 0.231 e. The van der Waals surface area contributed by atoms with Gasteiger partial charge in [0.2, 0.25) is 6.79 Å². The molecule has 1 heterocycles. The molecule has 0 radical (unpaired) electrons. The lowest BCUT2D eigenvalue weighted by atomic mass is 10.1. The Morgan fingerprint density at radius 3 is 2.85 bits per heavy atom. The van der Waals surface area contributed by atoms with E-state index in [9.17, 15) is 4.79 Å². The van der Waals surface area contributed by atoms with Crippen LogP contribution in [0.3, 0.4) is 0 Å². The van der Waals surface area contributed by atoms with Gasteiger partial charge in [-0.3, -0.25) is 4.79 Å². The Morgan fingerprint density at radius 1 is 1.15 bits per heavy atom. The van der Waals surface area contributed by atoms with Gasteiger partial charge in [-0.15, -0.1) is 0 Å². The molecule has 0 N–H and O–H groups in total. The number of hydrogen-bond acceptors (Lipinski definition) is 3. The molecule has 0 unspecified atom stereocenters. The number of fused-ring (bicyclic) bond motifs is 1. The van der Waals surface area contributed by atoms with Gasteiger partial charge >= 0.3 is 0 Å². The molecule has 100 valence electrons. The van der Waals surface area contributed by atoms with E-state index in [2.05, 4.69) is 0 Å². The lowest BCUT2D eigenvalue weighted by Crippen LogP contribution is -1.94. The van der Waals surface area contributed by atoms with E-state index in [1.54, 1.807) is 30.3 Å². The molecule has 3 nitrogen and oxygen atoms in total. The van der Waals surface area contributed by atoms with Gasteiger partial charge < -0.3 is 9.47 Å². The van der Waals surface area contributed by atoms with Crippen LogP contribution in [0.5, 0.6) is 11.5 Å². The monoisotopic (exact) mass is 286 g/mol. The third kappa shape index (κ3) is 2.53. The maximum atomic E-state index is 12.1. The zero-order chi connectivity index (χ0) is 13.9. The number of hydrogen-bond donors (Lipinski definition) is 0. The van der Waals surface area contributed by atoms with Gasteiger partial charge in [-0.1, -0.05) is 35.9 Å². The maximum Gasteiger partial charge on any atom is 0.231 e. The van der Waals surface area contributed by atoms with Crippen LogP contribution in [-0.2, 0) is 0 Å². The van der Waals surface area contributed by atoms with Crippen LogP contribution in [0.1, 0.15) is 15.9 Å². The molecule has 1 aliphatic rings. The summed E-state index contributed by atoms with van der Waals surface area (Å²) in [5.41, 5.74) is 1.37. The van der Waals surface area contributed by atoms with E-state index in [0.29, 0.717) is 22.1 Å². The molecule has 0 bridgehead atoms. The highest BCUT2D eigenvalue weighted by molar-refractivity contribution is 6.31. The second-order valence-corrected chi connectivity index (χ2v) is 4.73. The summed E-state index contributed by atoms with van der Waals surface area (Å²) in [7, 11) is 0. The van der Waals surface area contributed by atoms with Crippen LogP contribution in [0.2, 0.25) is 5.02 Å². The van der Waals surface area contributed by atoms with Crippen LogP contribution in [0, 0.1) is 0 Å². The first kappa shape index (κ1) is 12.8. The quantitative estimate of drug-likeness (QED) is 0.633. The zero-order valence-corrected chi connectivity index (χ0v) is 11.3. The van der Waals surface area contributed by atoms with E-state index in [-0.39, 0.29) is 12.6 Å². The van der Waals surface area contributed by atoms with E-state index in [1.165, 1.54) is 6.08 Å². The Hall–Kier alpha value is -2.26. The number of carbonyl (C=O) groups is 1. The van der Waals surface area contributed by atoms with E-state index >= 15 is 0 Å². The molecule has 0 fully saturated rings. The zero-order valence-electron chi connectivity index (χ0n) is 10.5. The lowest BCUT2D eigenvalue weighted by Gasteiger charge is -2.00. The summed E-state index contributed by atoms with van der Waals surface area (Å²) in [4.78, 5) is 12.1. The van der Waals surface area contributed by atoms with Crippen molar-refractivity contribution in [2.75, 3.05) is 6.79 Å². The van der Waals surface area contributed by atoms with Crippen LogP contribution >= 0.6 is 11.6 Å². The fraction of sp³-hybridized carbons (Fsp3) is 0.0625. The Kier molecular flexibility index (Phi) is 3.44. The highest BCUT2D eigenvalue weighted by Gasteiger charge is 2.15. The number of halogens is 1. The maximum absolute atomic E-state index is 12.1. The summed E-state index contributed by atoms with van der Waals surface area (Å²) in [5, 5.41) is 0.543. The molecule has 2 aromatic rings. The number of rotatable bonds is 3. The van der Waals surface area contributed by atoms with Gasteiger partial charge in [0.15, 0.2) is 17.3 Å². The number of ether oxygens (including phenoxy) is 2. The van der Waals surface area contributed by atoms with E-state index in [1.807, 2.05) is 18.2 Å². The third-order valence-electron chi connectivity index (χ3n) is 2.95. The first-order valence-electron chi connectivity index (χ1n) is 6.10. The van der Waals surface area contributed by atoms with Crippen molar-refractivity contribution in [1.82, 2.24) is 0 Å². The first-order valence-corrected chi connectivity index (χ1v) is 6.48. The fourth-order valence-electron chi connectivity index (χ4n) is 1.99. The molecule has 0 spiro atoms. The van der Waals surface area contributed by atoms with Crippen LogP contribution < -0.4 is 9.47 Å². The van der Waals surface area contributed by atoms with Crippen molar-refractivity contribution in [2.24, 2.45) is 0 Å². The number of ketones is 1. The predicted molar refractivity (Wildman–Crippen MR) is 77.4 cm³/mol. The topological polar surface area (TPSA) is 35.5 Å². The molecule has 0 amide bonds. The average molecular weight is 287 g/mol. The van der Waals surface area contributed by atoms with Gasteiger partial charge in [-0.05, 0) is 30.4 Å². The van der Waals surface area contributed by atoms with Crippen molar-refractivity contribution >= 4 is 23.5 Å². The summed E-state index contributed by atoms with van der Waals surface area (Å²) in [6.07, 6.45) is 3.22. The highest BCUT2D eigenvalue weighted by Crippen LogP contribution is 2.35. The normalized spacial score (nSPS) is 12.8. The predicted octanol–water partition coefficient (Wildman–Crippen LogP) is 3.96. The molecule has 3 rings (SSSR count). The molecule has 0 saturated heterocycles. The van der Waals surface area contributed by atoms with Crippen molar-refractivity contribution in [1.29, 1.82) is 0 Å². The van der Waals surface area contributed by atoms with Crippen LogP contribution in [0.25, 0.3) is 6.08 Å². The second-order valence-electron chi connectivity index (χ2n) is 4.29. The Labute approximate surface area is 121 Å². The van der Waals surface area contributed by atoms with Gasteiger partial charge in [0.05, 0.1) is 0 Å². The van der Waals surface area contributed by atoms with Crippen LogP contribution in [0.15, 0.2) is 48.5 Å². The molecular formula is C16H11ClO3. The molecule has 0 atom stereocenters. The standard InChI is InChI=1S/C16H11ClO3/c17-13-5-1-4-12(9-13)14(18)8-7-11-3-2-6-15-16(11)20-10-19-15/h1-9H,10H2/b8-7+. The molecule has 0 saturated carbocycles. The molecule has 0 aromatic heterocycles. The first-order chi connectivity index (χ1) is 9.74. The molecule has 0 aliphatic carbocycles. The molecule has 4 heteroatoms. The van der Waals surface area contributed by atoms with Crippen molar-refractivity contribution in [3.8, 4) is 11.5 Å². The average Bonchev–Trinajstić information content (AvgIpc) is 2.93. The van der Waals surface area contributed by atoms with Crippen LogP contribution in [0.4, 0.5) is 0 Å². The van der Waals surface area contributed by atoms with E-state index in [0.717, 1.165) is 5.56 Å². The van der Waals surface area contributed by atoms with Gasteiger partial charge in [-0.2, -0.15) is 0 Å². The van der Waals surface area contributed by atoms with E-state index in [4.69, 9.17) is 21.1 Å². The Balaban J connectivity index is 1.84. The van der Waals surface area contributed by atoms with Gasteiger partial charge in [0, 0.05) is 16.1 Å². The summed E-state index contributed by atoms with van der Waals surface area (Å²) < 4.78 is 10.7. The molecular weight excluding hydrogens is 276 g/mol. The largest absolute Gasteiger partial charge is 0.454 e. The van der Waals surface area contributed by atoms with Crippen LogP contribution in [-0.4, -0.2) is 12.6 Å². The van der Waals surface area contributed by atoms with Crippen molar-refractivity contribution in [3.63, 3.8) is 0 Å². The number of carbonyl (C=O) groups excluding carboxylic acids is 1. The minimum Gasteiger partial charge on any atom is -0.454 e. The Morgan fingerprint density at radius 2 is 2.00 bits per heavy atom. The summed E-state index contributed by atoms with van der Waals surface area (Å²) in [6, 6.07) is 12.4. The van der Waals surface area contributed by atoms with Crippen molar-refractivity contribution in [2.45, 2.75) is 0 Å². The van der Waals surface area contributed by atoms with Gasteiger partial charge in [-0.25, -0.2) is 0 Å². The van der Waals surface area contributed by atoms with E-state index < -0.39 is 0 Å². The minimum absolute atomic E-state index is 0.107. The number of para-hydroxylation sites is 1. The molecule has 2 aromatic carbocycles. The summed E-state index contributed by atoms with van der Waals surface area (Å²) >= 11 is 5.87. The van der Waals surface area contributed by atoms with Gasteiger partial charge in [0.25, 0.3) is 0 Å². The Bertz CT molecular complexity index is 692. The lowest BCUT2D eigenvalue weighted by molar-refractivity contribution is 0.104. The fourth-order valence-corrected chi connectivity index (χ4v) is 2.18. The third-order valence-corrected chi connectivity index (χ3v) is 3.19. The second kappa shape index (κ2) is 5.39. The summed E-state index contributed by atoms with van der Waals surface area (Å²) in [6.45, 7) is 0.211. The molecule has 1 aliphatic heterocycles. The minimum atomic E-state index is -0.107. The SMILES string of the molecule is O=C(/C=C/c1cccc2c1OCO2)c1cccc(Cl)c1. The van der Waals surface area contributed by atoms with Crippen molar-refractivity contribution < 1.29 is 14.3 Å². The van der Waals surface area contributed by atoms with Crippen molar-refractivity contribution in [3.05, 3.63) is 64.7 Å². The molecule has 20 heavy (non-hydrogen) atoms. The number of allylic oxidation sites excluding steroid dienone is 1.